The number of hydrogen-bond acceptors (Lipinski definition) is 4. The van der Waals surface area contributed by atoms with E-state index in [-0.39, 0.29) is 0 Å². The van der Waals surface area contributed by atoms with Crippen molar-refractivity contribution >= 4 is 11.7 Å². The summed E-state index contributed by atoms with van der Waals surface area (Å²) in [6, 6.07) is 10.3. The summed E-state index contributed by atoms with van der Waals surface area (Å²) in [6.07, 6.45) is 4.86. The Labute approximate surface area is 166 Å². The first-order valence-corrected chi connectivity index (χ1v) is 10.6. The monoisotopic (exact) mass is 376 g/mol. The van der Waals surface area contributed by atoms with Crippen molar-refractivity contribution in [2.75, 3.05) is 31.1 Å². The lowest BCUT2D eigenvalue weighted by Crippen LogP contribution is -2.34. The van der Waals surface area contributed by atoms with E-state index in [1.807, 2.05) is 25.1 Å². The number of anilines is 1. The van der Waals surface area contributed by atoms with Gasteiger partial charge in [-0.25, -0.2) is 9.97 Å². The minimum absolute atomic E-state index is 0.309. The maximum absolute atomic E-state index is 12.7. The molecule has 0 spiro atoms. The van der Waals surface area contributed by atoms with E-state index in [1.165, 1.54) is 29.1 Å². The normalized spacial score (nSPS) is 23.2. The molecule has 2 unspecified atom stereocenters. The van der Waals surface area contributed by atoms with Crippen LogP contribution < -0.4 is 4.90 Å². The van der Waals surface area contributed by atoms with Gasteiger partial charge >= 0.3 is 0 Å². The van der Waals surface area contributed by atoms with E-state index in [4.69, 9.17) is 4.98 Å². The van der Waals surface area contributed by atoms with Gasteiger partial charge in [-0.05, 0) is 38.2 Å². The highest BCUT2D eigenvalue weighted by atomic mass is 16.2. The van der Waals surface area contributed by atoms with E-state index in [0.717, 1.165) is 51.3 Å². The first kappa shape index (κ1) is 17.7. The molecule has 2 saturated heterocycles. The van der Waals surface area contributed by atoms with Gasteiger partial charge in [0, 0.05) is 55.7 Å². The van der Waals surface area contributed by atoms with Gasteiger partial charge in [0.1, 0.15) is 11.6 Å². The fourth-order valence-electron chi connectivity index (χ4n) is 5.22. The molecule has 0 radical (unpaired) electrons. The zero-order valence-corrected chi connectivity index (χ0v) is 16.6. The quantitative estimate of drug-likeness (QED) is 0.823. The molecule has 5 rings (SSSR count). The second kappa shape index (κ2) is 7.19. The smallest absolute Gasteiger partial charge is 0.222 e. The number of nitrogens with zero attached hydrogens (tertiary/aromatic N) is 4. The molecule has 5 heteroatoms. The Morgan fingerprint density at radius 3 is 2.54 bits per heavy atom. The molecule has 3 heterocycles. The number of benzene rings is 1. The summed E-state index contributed by atoms with van der Waals surface area (Å²) in [5, 5.41) is 0. The molecular formula is C23H28N4O. The lowest BCUT2D eigenvalue weighted by molar-refractivity contribution is -0.130. The second-order valence-corrected chi connectivity index (χ2v) is 8.58. The molecule has 2 aromatic rings. The Balaban J connectivity index is 1.21. The number of hydrogen-bond donors (Lipinski definition) is 0. The molecule has 0 bridgehead atoms. The van der Waals surface area contributed by atoms with Crippen LogP contribution in [0.4, 0.5) is 5.82 Å². The lowest BCUT2D eigenvalue weighted by atomic mass is 10.0. The molecule has 5 nitrogen and oxygen atoms in total. The predicted molar refractivity (Wildman–Crippen MR) is 109 cm³/mol. The van der Waals surface area contributed by atoms with Gasteiger partial charge in [0.15, 0.2) is 0 Å². The average molecular weight is 377 g/mol. The van der Waals surface area contributed by atoms with Gasteiger partial charge in [-0.3, -0.25) is 4.79 Å². The third kappa shape index (κ3) is 3.27. The minimum atomic E-state index is 0.309. The van der Waals surface area contributed by atoms with Crippen molar-refractivity contribution in [2.45, 2.75) is 39.0 Å². The molecule has 2 fully saturated rings. The van der Waals surface area contributed by atoms with Gasteiger partial charge in [0.2, 0.25) is 5.91 Å². The van der Waals surface area contributed by atoms with Crippen molar-refractivity contribution < 1.29 is 4.79 Å². The average Bonchev–Trinajstić information content (AvgIpc) is 3.40. The van der Waals surface area contributed by atoms with Gasteiger partial charge in [-0.2, -0.15) is 0 Å². The molecule has 1 aromatic heterocycles. The third-order valence-electron chi connectivity index (χ3n) is 6.63. The molecule has 2 atom stereocenters. The summed E-state index contributed by atoms with van der Waals surface area (Å²) >= 11 is 0. The number of fused-ring (bicyclic) bond motifs is 2. The highest BCUT2D eigenvalue weighted by molar-refractivity contribution is 5.77. The van der Waals surface area contributed by atoms with Crippen molar-refractivity contribution in [3.05, 3.63) is 53.0 Å². The van der Waals surface area contributed by atoms with Crippen molar-refractivity contribution in [1.29, 1.82) is 0 Å². The molecular weight excluding hydrogens is 348 g/mol. The number of carbonyl (C=O) groups is 1. The number of amides is 1. The largest absolute Gasteiger partial charge is 0.356 e. The van der Waals surface area contributed by atoms with E-state index in [1.54, 1.807) is 0 Å². The van der Waals surface area contributed by atoms with Crippen LogP contribution in [0.2, 0.25) is 0 Å². The zero-order valence-electron chi connectivity index (χ0n) is 16.6. The topological polar surface area (TPSA) is 49.3 Å². The van der Waals surface area contributed by atoms with E-state index < -0.39 is 0 Å². The summed E-state index contributed by atoms with van der Waals surface area (Å²) in [6.45, 7) is 5.86. The van der Waals surface area contributed by atoms with Crippen LogP contribution in [0.1, 0.15) is 35.5 Å². The molecule has 1 amide bonds. The number of rotatable bonds is 4. The van der Waals surface area contributed by atoms with Gasteiger partial charge in [-0.1, -0.05) is 30.3 Å². The highest BCUT2D eigenvalue weighted by Crippen LogP contribution is 2.37. The molecule has 1 aromatic carbocycles. The molecule has 2 aliphatic heterocycles. The highest BCUT2D eigenvalue weighted by Gasteiger charge is 2.42. The van der Waals surface area contributed by atoms with Crippen LogP contribution in [-0.2, 0) is 24.1 Å². The first-order valence-electron chi connectivity index (χ1n) is 10.6. The molecule has 0 N–H and O–H groups in total. The Morgan fingerprint density at radius 2 is 1.79 bits per heavy atom. The fraction of sp³-hybridized carbons (Fsp3) is 0.522. The van der Waals surface area contributed by atoms with Crippen LogP contribution in [0.5, 0.6) is 0 Å². The molecule has 3 aliphatic rings. The predicted octanol–water partition coefficient (Wildman–Crippen LogP) is 2.80. The minimum Gasteiger partial charge on any atom is -0.356 e. The van der Waals surface area contributed by atoms with Crippen molar-refractivity contribution in [2.24, 2.45) is 11.8 Å². The van der Waals surface area contributed by atoms with Crippen LogP contribution in [-0.4, -0.2) is 47.0 Å². The van der Waals surface area contributed by atoms with Crippen molar-refractivity contribution in [1.82, 2.24) is 14.9 Å². The lowest BCUT2D eigenvalue weighted by Gasteiger charge is -2.24. The summed E-state index contributed by atoms with van der Waals surface area (Å²) < 4.78 is 0. The summed E-state index contributed by atoms with van der Waals surface area (Å²) in [5.41, 5.74) is 3.88. The Bertz CT molecular complexity index is 868. The van der Waals surface area contributed by atoms with Crippen LogP contribution >= 0.6 is 0 Å². The molecule has 146 valence electrons. The number of aromatic nitrogens is 2. The Hall–Kier alpha value is -2.43. The van der Waals surface area contributed by atoms with Crippen molar-refractivity contribution in [3.8, 4) is 0 Å². The zero-order chi connectivity index (χ0) is 19.1. The Morgan fingerprint density at radius 1 is 1.04 bits per heavy atom. The number of carbonyl (C=O) groups excluding carboxylic acids is 1. The van der Waals surface area contributed by atoms with Crippen LogP contribution in [0.15, 0.2) is 30.3 Å². The summed E-state index contributed by atoms with van der Waals surface area (Å²) in [7, 11) is 0. The van der Waals surface area contributed by atoms with Crippen LogP contribution in [0.25, 0.3) is 0 Å². The molecule has 28 heavy (non-hydrogen) atoms. The standard InChI is InChI=1S/C23H28N4O/c1-16-24-21-9-5-8-20(21)23(25-16)27-14-18-12-26(13-19(18)15-27)22(28)11-10-17-6-3-2-4-7-17/h2-4,6-7,18-19H,5,8-15H2,1H3. The fourth-order valence-corrected chi connectivity index (χ4v) is 5.22. The maximum atomic E-state index is 12.7. The number of likely N-dealkylation sites (tertiary alicyclic amines) is 1. The van der Waals surface area contributed by atoms with Gasteiger partial charge in [0.05, 0.1) is 0 Å². The van der Waals surface area contributed by atoms with Crippen LogP contribution in [0, 0.1) is 18.8 Å². The van der Waals surface area contributed by atoms with E-state index in [2.05, 4.69) is 26.9 Å². The maximum Gasteiger partial charge on any atom is 0.222 e. The number of aryl methyl sites for hydroxylation is 3. The third-order valence-corrected chi connectivity index (χ3v) is 6.63. The van der Waals surface area contributed by atoms with Crippen LogP contribution in [0.3, 0.4) is 0 Å². The summed E-state index contributed by atoms with van der Waals surface area (Å²) in [5.74, 6) is 3.53. The van der Waals surface area contributed by atoms with Gasteiger partial charge in [-0.15, -0.1) is 0 Å². The Kier molecular flexibility index (Phi) is 4.53. The van der Waals surface area contributed by atoms with Crippen molar-refractivity contribution in [3.63, 3.8) is 0 Å². The van der Waals surface area contributed by atoms with E-state index in [0.29, 0.717) is 24.2 Å². The van der Waals surface area contributed by atoms with Gasteiger partial charge in [0.25, 0.3) is 0 Å². The second-order valence-electron chi connectivity index (χ2n) is 8.58. The first-order chi connectivity index (χ1) is 13.7. The molecule has 0 saturated carbocycles. The van der Waals surface area contributed by atoms with E-state index in [9.17, 15) is 4.79 Å². The summed E-state index contributed by atoms with van der Waals surface area (Å²) in [4.78, 5) is 26.7. The van der Waals surface area contributed by atoms with E-state index >= 15 is 0 Å². The molecule has 1 aliphatic carbocycles. The SMILES string of the molecule is Cc1nc2c(c(N3CC4CN(C(=O)CCc5ccccc5)CC4C3)n1)CCC2. The van der Waals surface area contributed by atoms with Gasteiger partial charge < -0.3 is 9.80 Å².